The molecule has 0 saturated heterocycles. The lowest BCUT2D eigenvalue weighted by Crippen LogP contribution is -2.17. The zero-order valence-corrected chi connectivity index (χ0v) is 14.6. The Morgan fingerprint density at radius 3 is 2.50 bits per heavy atom. The molecule has 1 aliphatic heterocycles. The van der Waals surface area contributed by atoms with Crippen molar-refractivity contribution in [2.75, 3.05) is 27.4 Å². The molecule has 0 radical (unpaired) electrons. The van der Waals surface area contributed by atoms with Gasteiger partial charge < -0.3 is 18.9 Å². The summed E-state index contributed by atoms with van der Waals surface area (Å²) in [4.78, 5) is 28.8. The number of hydrogen-bond donors (Lipinski definition) is 0. The van der Waals surface area contributed by atoms with Gasteiger partial charge in [-0.1, -0.05) is 0 Å². The fraction of sp³-hybridized carbons (Fsp3) is 0.316. The summed E-state index contributed by atoms with van der Waals surface area (Å²) in [7, 11) is 2.92. The molecule has 7 nitrogen and oxygen atoms in total. The Morgan fingerprint density at radius 2 is 1.81 bits per heavy atom. The van der Waals surface area contributed by atoms with E-state index in [4.69, 9.17) is 18.9 Å². The van der Waals surface area contributed by atoms with Gasteiger partial charge in [0.15, 0.2) is 23.1 Å². The van der Waals surface area contributed by atoms with Gasteiger partial charge in [-0.25, -0.2) is 0 Å². The number of benzene rings is 1. The van der Waals surface area contributed by atoms with Crippen molar-refractivity contribution in [2.24, 2.45) is 0 Å². The van der Waals surface area contributed by atoms with Crippen LogP contribution in [0.5, 0.6) is 23.0 Å². The SMILES string of the molecule is COc1c(C(=O)CCC(=O)c2cccnc2)cc2c(c1OC)OCCO2. The van der Waals surface area contributed by atoms with Crippen LogP contribution in [0.4, 0.5) is 0 Å². The normalized spacial score (nSPS) is 12.4. The van der Waals surface area contributed by atoms with Crippen LogP contribution in [0.25, 0.3) is 0 Å². The van der Waals surface area contributed by atoms with Gasteiger partial charge in [0.2, 0.25) is 11.5 Å². The summed E-state index contributed by atoms with van der Waals surface area (Å²) in [5, 5.41) is 0. The Morgan fingerprint density at radius 1 is 1.08 bits per heavy atom. The Hall–Kier alpha value is -3.09. The maximum Gasteiger partial charge on any atom is 0.208 e. The molecule has 0 amide bonds. The van der Waals surface area contributed by atoms with Crippen LogP contribution in [0.2, 0.25) is 0 Å². The molecule has 0 spiro atoms. The predicted octanol–water partition coefficient (Wildman–Crippen LogP) is 2.72. The smallest absolute Gasteiger partial charge is 0.208 e. The van der Waals surface area contributed by atoms with Crippen molar-refractivity contribution in [3.05, 3.63) is 41.7 Å². The molecular formula is C19H19NO6. The molecule has 0 aliphatic carbocycles. The number of ether oxygens (including phenoxy) is 4. The minimum absolute atomic E-state index is 0.0346. The summed E-state index contributed by atoms with van der Waals surface area (Å²) in [5.74, 6) is 1.04. The molecule has 0 unspecified atom stereocenters. The Bertz CT molecular complexity index is 819. The van der Waals surface area contributed by atoms with Crippen LogP contribution < -0.4 is 18.9 Å². The topological polar surface area (TPSA) is 84.0 Å². The molecule has 1 aromatic carbocycles. The highest BCUT2D eigenvalue weighted by Crippen LogP contribution is 2.48. The zero-order chi connectivity index (χ0) is 18.5. The number of aromatic nitrogens is 1. The fourth-order valence-electron chi connectivity index (χ4n) is 2.77. The summed E-state index contributed by atoms with van der Waals surface area (Å²) in [6, 6.07) is 4.93. The van der Waals surface area contributed by atoms with Crippen molar-refractivity contribution in [2.45, 2.75) is 12.8 Å². The molecule has 0 saturated carbocycles. The lowest BCUT2D eigenvalue weighted by atomic mass is 10.0. The van der Waals surface area contributed by atoms with E-state index in [1.54, 1.807) is 24.4 Å². The van der Waals surface area contributed by atoms with Gasteiger partial charge in [0.1, 0.15) is 13.2 Å². The van der Waals surface area contributed by atoms with E-state index in [-0.39, 0.29) is 30.2 Å². The van der Waals surface area contributed by atoms with E-state index in [1.807, 2.05) is 0 Å². The van der Waals surface area contributed by atoms with E-state index in [0.29, 0.717) is 41.6 Å². The first-order valence-electron chi connectivity index (χ1n) is 8.16. The molecule has 1 aromatic heterocycles. The van der Waals surface area contributed by atoms with Gasteiger partial charge in [-0.15, -0.1) is 0 Å². The first-order valence-corrected chi connectivity index (χ1v) is 8.16. The maximum absolute atomic E-state index is 12.7. The van der Waals surface area contributed by atoms with Crippen LogP contribution in [-0.4, -0.2) is 44.0 Å². The molecule has 136 valence electrons. The number of ketones is 2. The highest BCUT2D eigenvalue weighted by molar-refractivity contribution is 6.04. The van der Waals surface area contributed by atoms with E-state index in [0.717, 1.165) is 0 Å². The van der Waals surface area contributed by atoms with Gasteiger partial charge in [-0.2, -0.15) is 0 Å². The van der Waals surface area contributed by atoms with Gasteiger partial charge in [0.25, 0.3) is 0 Å². The van der Waals surface area contributed by atoms with Crippen molar-refractivity contribution >= 4 is 11.6 Å². The highest BCUT2D eigenvalue weighted by atomic mass is 16.6. The predicted molar refractivity (Wildman–Crippen MR) is 92.7 cm³/mol. The molecular weight excluding hydrogens is 338 g/mol. The van der Waals surface area contributed by atoms with Crippen molar-refractivity contribution < 1.29 is 28.5 Å². The van der Waals surface area contributed by atoms with Gasteiger partial charge in [-0.3, -0.25) is 14.6 Å². The summed E-state index contributed by atoms with van der Waals surface area (Å²) in [6.45, 7) is 0.773. The van der Waals surface area contributed by atoms with Crippen LogP contribution in [0.15, 0.2) is 30.6 Å². The van der Waals surface area contributed by atoms with Gasteiger partial charge in [0, 0.05) is 30.8 Å². The molecule has 3 rings (SSSR count). The number of pyridine rings is 1. The van der Waals surface area contributed by atoms with E-state index in [2.05, 4.69) is 4.98 Å². The van der Waals surface area contributed by atoms with E-state index in [1.165, 1.54) is 20.4 Å². The Balaban J connectivity index is 1.83. The standard InChI is InChI=1S/C19H19NO6/c1-23-17-13(10-16-18(19(17)24-2)26-9-8-25-16)15(22)6-5-14(21)12-4-3-7-20-11-12/h3-4,7,10-11H,5-6,8-9H2,1-2H3. The van der Waals surface area contributed by atoms with Crippen molar-refractivity contribution in [1.29, 1.82) is 0 Å². The highest BCUT2D eigenvalue weighted by Gasteiger charge is 2.27. The van der Waals surface area contributed by atoms with Crippen molar-refractivity contribution in [3.63, 3.8) is 0 Å². The number of carbonyl (C=O) groups is 2. The molecule has 0 bridgehead atoms. The van der Waals surface area contributed by atoms with E-state index < -0.39 is 0 Å². The number of nitrogens with zero attached hydrogens (tertiary/aromatic N) is 1. The molecule has 2 heterocycles. The first-order chi connectivity index (χ1) is 12.7. The number of methoxy groups -OCH3 is 2. The second-order valence-corrected chi connectivity index (χ2v) is 5.60. The molecule has 2 aromatic rings. The summed E-state index contributed by atoms with van der Waals surface area (Å²) >= 11 is 0. The van der Waals surface area contributed by atoms with Crippen LogP contribution >= 0.6 is 0 Å². The van der Waals surface area contributed by atoms with Crippen molar-refractivity contribution in [1.82, 2.24) is 4.98 Å². The van der Waals surface area contributed by atoms with Crippen LogP contribution in [0, 0.1) is 0 Å². The average molecular weight is 357 g/mol. The molecule has 0 N–H and O–H groups in total. The first kappa shape index (κ1) is 17.7. The Kier molecular flexibility index (Phi) is 5.36. The van der Waals surface area contributed by atoms with Gasteiger partial charge >= 0.3 is 0 Å². The minimum Gasteiger partial charge on any atom is -0.492 e. The molecule has 0 atom stereocenters. The van der Waals surface area contributed by atoms with E-state index in [9.17, 15) is 9.59 Å². The number of rotatable bonds is 7. The average Bonchev–Trinajstić information content (AvgIpc) is 2.70. The van der Waals surface area contributed by atoms with Gasteiger partial charge in [0.05, 0.1) is 19.8 Å². The van der Waals surface area contributed by atoms with Gasteiger partial charge in [-0.05, 0) is 18.2 Å². The van der Waals surface area contributed by atoms with Crippen LogP contribution in [0.3, 0.4) is 0 Å². The maximum atomic E-state index is 12.7. The van der Waals surface area contributed by atoms with Crippen molar-refractivity contribution in [3.8, 4) is 23.0 Å². The monoisotopic (exact) mass is 357 g/mol. The fourth-order valence-corrected chi connectivity index (χ4v) is 2.77. The second-order valence-electron chi connectivity index (χ2n) is 5.60. The molecule has 26 heavy (non-hydrogen) atoms. The number of fused-ring (bicyclic) bond motifs is 1. The molecule has 1 aliphatic rings. The summed E-state index contributed by atoms with van der Waals surface area (Å²) < 4.78 is 21.9. The molecule has 7 heteroatoms. The third-order valence-corrected chi connectivity index (χ3v) is 4.01. The number of carbonyl (C=O) groups excluding carboxylic acids is 2. The quantitative estimate of drug-likeness (QED) is 0.705. The number of Topliss-reactive ketones (excluding diaryl/α,β-unsaturated/α-hetero) is 2. The summed E-state index contributed by atoms with van der Waals surface area (Å²) in [6.07, 6.45) is 3.19. The number of hydrogen-bond acceptors (Lipinski definition) is 7. The minimum atomic E-state index is -0.241. The lowest BCUT2D eigenvalue weighted by Gasteiger charge is -2.23. The third-order valence-electron chi connectivity index (χ3n) is 4.01. The second kappa shape index (κ2) is 7.86. The Labute approximate surface area is 150 Å². The van der Waals surface area contributed by atoms with Crippen LogP contribution in [-0.2, 0) is 0 Å². The summed E-state index contributed by atoms with van der Waals surface area (Å²) in [5.41, 5.74) is 0.777. The van der Waals surface area contributed by atoms with E-state index >= 15 is 0 Å². The zero-order valence-electron chi connectivity index (χ0n) is 14.6. The third kappa shape index (κ3) is 3.46. The molecule has 0 fully saturated rings. The largest absolute Gasteiger partial charge is 0.492 e. The lowest BCUT2D eigenvalue weighted by molar-refractivity contribution is 0.0914. The van der Waals surface area contributed by atoms with Crippen LogP contribution in [0.1, 0.15) is 33.6 Å².